The Bertz CT molecular complexity index is 938. The molecule has 0 unspecified atom stereocenters. The van der Waals surface area contributed by atoms with Crippen molar-refractivity contribution in [2.45, 2.75) is 63.2 Å². The molecule has 0 spiro atoms. The first kappa shape index (κ1) is 21.3. The molecule has 0 bridgehead atoms. The summed E-state index contributed by atoms with van der Waals surface area (Å²) in [5, 5.41) is 23.8. The molecular weight excluding hydrogens is 392 g/mol. The predicted molar refractivity (Wildman–Crippen MR) is 108 cm³/mol. The van der Waals surface area contributed by atoms with E-state index in [-0.39, 0.29) is 23.0 Å². The van der Waals surface area contributed by atoms with E-state index in [9.17, 15) is 19.7 Å². The molecule has 30 heavy (non-hydrogen) atoms. The van der Waals surface area contributed by atoms with Gasteiger partial charge in [0.25, 0.3) is 11.8 Å². The Morgan fingerprint density at radius 1 is 0.867 bits per heavy atom. The molecule has 0 aliphatic heterocycles. The molecule has 2 aliphatic rings. The number of amides is 2. The number of hydrogen-bond donors (Lipinski definition) is 5. The Morgan fingerprint density at radius 3 is 1.73 bits per heavy atom. The first-order valence-corrected chi connectivity index (χ1v) is 9.97. The Morgan fingerprint density at radius 2 is 1.30 bits per heavy atom. The molecule has 2 aromatic rings. The van der Waals surface area contributed by atoms with Crippen LogP contribution in [-0.2, 0) is 0 Å². The van der Waals surface area contributed by atoms with Crippen LogP contribution >= 0.6 is 0 Å². The van der Waals surface area contributed by atoms with E-state index in [1.807, 2.05) is 0 Å². The number of rotatable bonds is 5. The van der Waals surface area contributed by atoms with Crippen LogP contribution in [0.5, 0.6) is 0 Å². The first-order chi connectivity index (χ1) is 14.3. The minimum absolute atomic E-state index is 0.0981. The normalized spacial score (nSPS) is 16.9. The number of hydrogen-bond acceptors (Lipinski definition) is 7. The summed E-state index contributed by atoms with van der Waals surface area (Å²) >= 11 is 0. The van der Waals surface area contributed by atoms with Crippen LogP contribution in [0.15, 0.2) is 0 Å². The molecule has 2 amide bonds. The van der Waals surface area contributed by atoms with E-state index < -0.39 is 16.7 Å². The van der Waals surface area contributed by atoms with Crippen molar-refractivity contribution >= 4 is 23.2 Å². The smallest absolute Gasteiger partial charge is 0.323 e. The van der Waals surface area contributed by atoms with Gasteiger partial charge in [0.15, 0.2) is 5.69 Å². The van der Waals surface area contributed by atoms with Crippen LogP contribution in [0.4, 0.5) is 11.4 Å². The number of nitrogens with two attached hydrogens (primary N) is 3. The number of aromatic nitrogens is 4. The maximum atomic E-state index is 11.0. The number of nitro groups is 1. The summed E-state index contributed by atoms with van der Waals surface area (Å²) < 4.78 is 0. The van der Waals surface area contributed by atoms with Crippen LogP contribution in [0, 0.1) is 10.1 Å². The van der Waals surface area contributed by atoms with Crippen LogP contribution in [0.25, 0.3) is 0 Å². The maximum Gasteiger partial charge on any atom is 0.323 e. The number of nitrogens with zero attached hydrogens (tertiary/aromatic N) is 3. The number of aromatic amines is 2. The third-order valence-electron chi connectivity index (χ3n) is 5.78. The third kappa shape index (κ3) is 4.26. The van der Waals surface area contributed by atoms with E-state index in [1.54, 1.807) is 0 Å². The molecule has 162 valence electrons. The monoisotopic (exact) mass is 418 g/mol. The Kier molecular flexibility index (Phi) is 6.33. The second-order valence-electron chi connectivity index (χ2n) is 7.68. The summed E-state index contributed by atoms with van der Waals surface area (Å²) in [4.78, 5) is 32.2. The third-order valence-corrected chi connectivity index (χ3v) is 5.78. The molecule has 2 aliphatic carbocycles. The summed E-state index contributed by atoms with van der Waals surface area (Å²) in [5.74, 6) is -0.910. The molecular formula is C18H26N8O4. The lowest BCUT2D eigenvalue weighted by atomic mass is 10.0. The van der Waals surface area contributed by atoms with Gasteiger partial charge in [0.2, 0.25) is 5.69 Å². The molecule has 0 aromatic carbocycles. The van der Waals surface area contributed by atoms with Gasteiger partial charge in [-0.2, -0.15) is 10.2 Å². The number of nitrogens with one attached hydrogen (secondary N) is 2. The molecule has 4 rings (SSSR count). The van der Waals surface area contributed by atoms with Crippen molar-refractivity contribution < 1.29 is 14.5 Å². The van der Waals surface area contributed by atoms with Crippen molar-refractivity contribution in [2.24, 2.45) is 11.5 Å². The van der Waals surface area contributed by atoms with Gasteiger partial charge in [-0.25, -0.2) is 0 Å². The highest BCUT2D eigenvalue weighted by Crippen LogP contribution is 2.38. The molecule has 8 N–H and O–H groups in total. The lowest BCUT2D eigenvalue weighted by Gasteiger charge is -2.06. The fourth-order valence-electron chi connectivity index (χ4n) is 4.28. The lowest BCUT2D eigenvalue weighted by molar-refractivity contribution is -0.386. The average Bonchev–Trinajstić information content (AvgIpc) is 3.46. The number of carbonyl (C=O) groups excluding carboxylic acids is 2. The molecule has 0 saturated heterocycles. The topological polar surface area (TPSA) is 213 Å². The van der Waals surface area contributed by atoms with Gasteiger partial charge in [-0.05, 0) is 25.7 Å². The standard InChI is InChI=1S/C9H12N4O3.C9H14N4O/c10-9(14)7-8(13(15)16)6(11-12-7)5-3-1-2-4-5;10-6-7(5-3-1-2-4-5)12-13-8(6)9(11)14/h5H,1-4H2,(H2,10,14)(H,11,12);5H,1-4,10H2,(H2,11,14)(H,12,13). The van der Waals surface area contributed by atoms with E-state index in [2.05, 4.69) is 20.4 Å². The van der Waals surface area contributed by atoms with Crippen molar-refractivity contribution in [1.82, 2.24) is 20.4 Å². The lowest BCUT2D eigenvalue weighted by Crippen LogP contribution is -2.13. The van der Waals surface area contributed by atoms with Crippen molar-refractivity contribution in [3.63, 3.8) is 0 Å². The summed E-state index contributed by atoms with van der Waals surface area (Å²) in [6.07, 6.45) is 8.54. The van der Waals surface area contributed by atoms with Crippen LogP contribution in [0.2, 0.25) is 0 Å². The van der Waals surface area contributed by atoms with Gasteiger partial charge in [-0.1, -0.05) is 25.7 Å². The van der Waals surface area contributed by atoms with Gasteiger partial charge in [-0.3, -0.25) is 29.9 Å². The van der Waals surface area contributed by atoms with Crippen molar-refractivity contribution in [1.29, 1.82) is 0 Å². The number of anilines is 1. The van der Waals surface area contributed by atoms with E-state index in [4.69, 9.17) is 17.2 Å². The van der Waals surface area contributed by atoms with E-state index >= 15 is 0 Å². The Labute approximate surface area is 172 Å². The number of nitrogen functional groups attached to an aromatic ring is 1. The number of primary amides is 2. The zero-order valence-corrected chi connectivity index (χ0v) is 16.5. The molecule has 12 nitrogen and oxygen atoms in total. The SMILES string of the molecule is NC(=O)c1n[nH]c(C2CCCC2)c1N.NC(=O)c1n[nH]c(C2CCCC2)c1[N+](=O)[O-]. The van der Waals surface area contributed by atoms with Gasteiger partial charge in [0, 0.05) is 11.8 Å². The summed E-state index contributed by atoms with van der Waals surface area (Å²) in [5.41, 5.74) is 17.4. The van der Waals surface area contributed by atoms with E-state index in [0.717, 1.165) is 44.2 Å². The molecule has 2 saturated carbocycles. The molecule has 2 heterocycles. The van der Waals surface area contributed by atoms with E-state index in [1.165, 1.54) is 12.8 Å². The zero-order valence-electron chi connectivity index (χ0n) is 16.5. The largest absolute Gasteiger partial charge is 0.395 e. The fraction of sp³-hybridized carbons (Fsp3) is 0.556. The summed E-state index contributed by atoms with van der Waals surface area (Å²) in [7, 11) is 0. The van der Waals surface area contributed by atoms with Crippen LogP contribution in [-0.4, -0.2) is 37.1 Å². The van der Waals surface area contributed by atoms with Crippen molar-refractivity contribution in [3.8, 4) is 0 Å². The zero-order chi connectivity index (χ0) is 21.8. The molecule has 2 aromatic heterocycles. The molecule has 0 atom stereocenters. The molecule has 0 radical (unpaired) electrons. The van der Waals surface area contributed by atoms with Gasteiger partial charge in [0.1, 0.15) is 5.69 Å². The van der Waals surface area contributed by atoms with Crippen LogP contribution in [0.1, 0.15) is 95.6 Å². The van der Waals surface area contributed by atoms with Gasteiger partial charge in [-0.15, -0.1) is 0 Å². The summed E-state index contributed by atoms with van der Waals surface area (Å²) in [6, 6.07) is 0. The van der Waals surface area contributed by atoms with Gasteiger partial charge >= 0.3 is 5.69 Å². The van der Waals surface area contributed by atoms with Crippen LogP contribution < -0.4 is 17.2 Å². The van der Waals surface area contributed by atoms with Crippen molar-refractivity contribution in [2.75, 3.05) is 5.73 Å². The van der Waals surface area contributed by atoms with E-state index in [0.29, 0.717) is 17.3 Å². The minimum Gasteiger partial charge on any atom is -0.395 e. The molecule has 2 fully saturated rings. The predicted octanol–water partition coefficient (Wildman–Crippen LogP) is 1.82. The van der Waals surface area contributed by atoms with Crippen LogP contribution in [0.3, 0.4) is 0 Å². The highest BCUT2D eigenvalue weighted by atomic mass is 16.6. The maximum absolute atomic E-state index is 11.0. The second-order valence-corrected chi connectivity index (χ2v) is 7.68. The second kappa shape index (κ2) is 8.93. The van der Waals surface area contributed by atoms with Crippen molar-refractivity contribution in [3.05, 3.63) is 32.9 Å². The number of H-pyrrole nitrogens is 2. The average molecular weight is 418 g/mol. The Balaban J connectivity index is 0.000000172. The van der Waals surface area contributed by atoms with Gasteiger partial charge < -0.3 is 17.2 Å². The quantitative estimate of drug-likeness (QED) is 0.358. The highest BCUT2D eigenvalue weighted by molar-refractivity contribution is 5.96. The fourth-order valence-corrected chi connectivity index (χ4v) is 4.28. The highest BCUT2D eigenvalue weighted by Gasteiger charge is 2.33. The first-order valence-electron chi connectivity index (χ1n) is 9.97. The number of carbonyl (C=O) groups is 2. The molecule has 12 heteroatoms. The minimum atomic E-state index is -0.868. The Hall–Kier alpha value is -3.44. The summed E-state index contributed by atoms with van der Waals surface area (Å²) in [6.45, 7) is 0. The van der Waals surface area contributed by atoms with Gasteiger partial charge in [0.05, 0.1) is 16.3 Å².